The predicted molar refractivity (Wildman–Crippen MR) is 62.5 cm³/mol. The first kappa shape index (κ1) is 10.7. The van der Waals surface area contributed by atoms with E-state index in [0.29, 0.717) is 12.3 Å². The Morgan fingerprint density at radius 1 is 1.53 bits per heavy atom. The molecule has 1 saturated carbocycles. The van der Waals surface area contributed by atoms with Crippen molar-refractivity contribution in [2.45, 2.75) is 38.0 Å². The van der Waals surface area contributed by atoms with Gasteiger partial charge in [-0.2, -0.15) is 0 Å². The quantitative estimate of drug-likeness (QED) is 0.706. The Morgan fingerprint density at radius 3 is 2.80 bits per heavy atom. The van der Waals surface area contributed by atoms with Gasteiger partial charge in [0.15, 0.2) is 0 Å². The van der Waals surface area contributed by atoms with Crippen molar-refractivity contribution in [3.05, 3.63) is 34.3 Å². The van der Waals surface area contributed by atoms with E-state index in [1.54, 1.807) is 0 Å². The maximum Gasteiger partial charge on any atom is 0.120 e. The van der Waals surface area contributed by atoms with Crippen LogP contribution in [0.1, 0.15) is 49.1 Å². The summed E-state index contributed by atoms with van der Waals surface area (Å²) in [5.41, 5.74) is 2.44. The van der Waals surface area contributed by atoms with Crippen LogP contribution in [0.25, 0.3) is 0 Å². The number of carbonyl (C=O) groups excluding carboxylic acids is 1. The Labute approximate surface area is 95.4 Å². The third-order valence-electron chi connectivity index (χ3n) is 3.06. The molecule has 1 aliphatic rings. The van der Waals surface area contributed by atoms with Crippen molar-refractivity contribution in [2.75, 3.05) is 0 Å². The lowest BCUT2D eigenvalue weighted by atomic mass is 9.96. The molecule has 1 nitrogen and oxygen atoms in total. The summed E-state index contributed by atoms with van der Waals surface area (Å²) in [4.78, 5) is 10.4. The Morgan fingerprint density at radius 2 is 2.27 bits per heavy atom. The monoisotopic (exact) mass is 222 g/mol. The largest absolute Gasteiger partial charge is 0.303 e. The van der Waals surface area contributed by atoms with Gasteiger partial charge in [0.05, 0.1) is 0 Å². The molecule has 0 heterocycles. The maximum atomic E-state index is 10.4. The van der Waals surface area contributed by atoms with Crippen molar-refractivity contribution in [2.24, 2.45) is 0 Å². The highest BCUT2D eigenvalue weighted by atomic mass is 35.5. The summed E-state index contributed by atoms with van der Waals surface area (Å²) in [6, 6.07) is 6.24. The molecule has 2 heteroatoms. The first-order chi connectivity index (χ1) is 7.22. The van der Waals surface area contributed by atoms with Gasteiger partial charge in [-0.1, -0.05) is 30.7 Å². The second kappa shape index (κ2) is 4.36. The number of carbonyl (C=O) groups is 1. The molecular weight excluding hydrogens is 208 g/mol. The zero-order chi connectivity index (χ0) is 10.8. The molecule has 0 aliphatic heterocycles. The molecule has 1 aliphatic carbocycles. The molecule has 1 fully saturated rings. The lowest BCUT2D eigenvalue weighted by Crippen LogP contribution is -1.95. The lowest BCUT2D eigenvalue weighted by Gasteiger charge is -2.10. The van der Waals surface area contributed by atoms with Crippen molar-refractivity contribution in [1.82, 2.24) is 0 Å². The summed E-state index contributed by atoms with van der Waals surface area (Å²) < 4.78 is 0. The van der Waals surface area contributed by atoms with Crippen molar-refractivity contribution < 1.29 is 4.79 Å². The van der Waals surface area contributed by atoms with Crippen LogP contribution in [0.5, 0.6) is 0 Å². The molecular formula is C13H15ClO. The number of aldehydes is 1. The van der Waals surface area contributed by atoms with E-state index in [0.717, 1.165) is 16.9 Å². The van der Waals surface area contributed by atoms with Gasteiger partial charge in [-0.05, 0) is 41.9 Å². The molecule has 0 bridgehead atoms. The summed E-state index contributed by atoms with van der Waals surface area (Å²) in [6.07, 6.45) is 4.07. The van der Waals surface area contributed by atoms with Gasteiger partial charge in [-0.15, -0.1) is 0 Å². The molecule has 80 valence electrons. The second-order valence-electron chi connectivity index (χ2n) is 4.36. The lowest BCUT2D eigenvalue weighted by molar-refractivity contribution is -0.108. The third-order valence-corrected chi connectivity index (χ3v) is 3.39. The fourth-order valence-corrected chi connectivity index (χ4v) is 2.20. The molecule has 1 unspecified atom stereocenters. The van der Waals surface area contributed by atoms with Gasteiger partial charge < -0.3 is 4.79 Å². The molecule has 0 radical (unpaired) electrons. The summed E-state index contributed by atoms with van der Waals surface area (Å²) in [7, 11) is 0. The smallest absolute Gasteiger partial charge is 0.120 e. The minimum atomic E-state index is 0.272. The van der Waals surface area contributed by atoms with Gasteiger partial charge in [0.2, 0.25) is 0 Å². The topological polar surface area (TPSA) is 17.1 Å². The molecule has 0 saturated heterocycles. The highest BCUT2D eigenvalue weighted by molar-refractivity contribution is 6.31. The van der Waals surface area contributed by atoms with Crippen LogP contribution in [-0.2, 0) is 4.79 Å². The van der Waals surface area contributed by atoms with Gasteiger partial charge in [0, 0.05) is 11.4 Å². The summed E-state index contributed by atoms with van der Waals surface area (Å²) in [5.74, 6) is 0.959. The molecule has 1 atom stereocenters. The minimum Gasteiger partial charge on any atom is -0.303 e. The Balaban J connectivity index is 2.20. The van der Waals surface area contributed by atoms with Gasteiger partial charge in [-0.25, -0.2) is 0 Å². The number of hydrogen-bond acceptors (Lipinski definition) is 1. The molecule has 0 aromatic heterocycles. The van der Waals surface area contributed by atoms with Crippen LogP contribution in [-0.4, -0.2) is 6.29 Å². The molecule has 0 spiro atoms. The maximum absolute atomic E-state index is 10.4. The Hall–Kier alpha value is -0.820. The standard InChI is InChI=1S/C13H15ClO/c1-9(6-7-15)11-4-5-12(10-2-3-10)13(14)8-11/h4-5,7-10H,2-3,6H2,1H3. The first-order valence-corrected chi connectivity index (χ1v) is 5.83. The summed E-state index contributed by atoms with van der Waals surface area (Å²) in [5, 5.41) is 0.868. The minimum absolute atomic E-state index is 0.272. The zero-order valence-electron chi connectivity index (χ0n) is 8.87. The average Bonchev–Trinajstić information content (AvgIpc) is 3.01. The zero-order valence-corrected chi connectivity index (χ0v) is 9.63. The van der Waals surface area contributed by atoms with Gasteiger partial charge in [0.1, 0.15) is 6.29 Å². The van der Waals surface area contributed by atoms with Crippen LogP contribution in [0.15, 0.2) is 18.2 Å². The number of rotatable bonds is 4. The third kappa shape index (κ3) is 2.40. The Bertz CT molecular complexity index is 369. The van der Waals surface area contributed by atoms with E-state index in [2.05, 4.69) is 19.1 Å². The molecule has 0 amide bonds. The van der Waals surface area contributed by atoms with Crippen molar-refractivity contribution in [1.29, 1.82) is 0 Å². The van der Waals surface area contributed by atoms with Crippen LogP contribution in [0.4, 0.5) is 0 Å². The van der Waals surface area contributed by atoms with E-state index in [1.165, 1.54) is 18.4 Å². The van der Waals surface area contributed by atoms with Crippen LogP contribution < -0.4 is 0 Å². The molecule has 1 aromatic rings. The van der Waals surface area contributed by atoms with Crippen LogP contribution >= 0.6 is 11.6 Å². The fraction of sp³-hybridized carbons (Fsp3) is 0.462. The highest BCUT2D eigenvalue weighted by Gasteiger charge is 2.25. The molecule has 1 aromatic carbocycles. The van der Waals surface area contributed by atoms with E-state index in [9.17, 15) is 4.79 Å². The Kier molecular flexibility index (Phi) is 3.11. The normalized spacial score (nSPS) is 17.5. The molecule has 15 heavy (non-hydrogen) atoms. The summed E-state index contributed by atoms with van der Waals surface area (Å²) in [6.45, 7) is 2.05. The van der Waals surface area contributed by atoms with Gasteiger partial charge >= 0.3 is 0 Å². The van der Waals surface area contributed by atoms with E-state index in [-0.39, 0.29) is 5.92 Å². The van der Waals surface area contributed by atoms with Crippen molar-refractivity contribution in [3.8, 4) is 0 Å². The van der Waals surface area contributed by atoms with Crippen LogP contribution in [0, 0.1) is 0 Å². The summed E-state index contributed by atoms with van der Waals surface area (Å²) >= 11 is 6.22. The van der Waals surface area contributed by atoms with Gasteiger partial charge in [0.25, 0.3) is 0 Å². The molecule has 2 rings (SSSR count). The van der Waals surface area contributed by atoms with Crippen LogP contribution in [0.3, 0.4) is 0 Å². The molecule has 0 N–H and O–H groups in total. The van der Waals surface area contributed by atoms with Crippen molar-refractivity contribution in [3.63, 3.8) is 0 Å². The SMILES string of the molecule is CC(CC=O)c1ccc(C2CC2)c(Cl)c1. The van der Waals surface area contributed by atoms with E-state index < -0.39 is 0 Å². The first-order valence-electron chi connectivity index (χ1n) is 5.45. The number of halogens is 1. The predicted octanol–water partition coefficient (Wildman–Crippen LogP) is 3.91. The van der Waals surface area contributed by atoms with Crippen molar-refractivity contribution >= 4 is 17.9 Å². The van der Waals surface area contributed by atoms with E-state index >= 15 is 0 Å². The second-order valence-corrected chi connectivity index (χ2v) is 4.77. The number of benzene rings is 1. The van der Waals surface area contributed by atoms with Gasteiger partial charge in [-0.3, -0.25) is 0 Å². The van der Waals surface area contributed by atoms with E-state index in [4.69, 9.17) is 11.6 Å². The van der Waals surface area contributed by atoms with Crippen LogP contribution in [0.2, 0.25) is 5.02 Å². The number of hydrogen-bond donors (Lipinski definition) is 0. The fourth-order valence-electron chi connectivity index (χ4n) is 1.86. The highest BCUT2D eigenvalue weighted by Crippen LogP contribution is 2.43. The average molecular weight is 223 g/mol. The van der Waals surface area contributed by atoms with E-state index in [1.807, 2.05) is 6.07 Å².